The van der Waals surface area contributed by atoms with Crippen molar-refractivity contribution in [3.05, 3.63) is 28.2 Å². The molecule has 0 saturated heterocycles. The summed E-state index contributed by atoms with van der Waals surface area (Å²) in [4.78, 5) is 0.388. The normalized spacial score (nSPS) is 22.7. The highest BCUT2D eigenvalue weighted by Gasteiger charge is 2.28. The van der Waals surface area contributed by atoms with Gasteiger partial charge in [0.15, 0.2) is 9.84 Å². The summed E-state index contributed by atoms with van der Waals surface area (Å²) in [5.74, 6) is 0.156. The Morgan fingerprint density at radius 1 is 1.40 bits per heavy atom. The summed E-state index contributed by atoms with van der Waals surface area (Å²) in [5.41, 5.74) is 6.58. The van der Waals surface area contributed by atoms with Crippen LogP contribution in [0.15, 0.2) is 27.6 Å². The number of benzene rings is 1. The van der Waals surface area contributed by atoms with E-state index in [2.05, 4.69) is 15.9 Å². The SMILES string of the molecule is Cl.NC1CCS(=O)(=O)c2ccc(Br)cc21. The molecule has 0 amide bonds. The predicted molar refractivity (Wildman–Crippen MR) is 65.0 cm³/mol. The maximum atomic E-state index is 11.7. The van der Waals surface area contributed by atoms with Crippen LogP contribution < -0.4 is 5.73 Å². The molecule has 1 aliphatic heterocycles. The summed E-state index contributed by atoms with van der Waals surface area (Å²) in [6, 6.07) is 4.98. The molecule has 0 saturated carbocycles. The van der Waals surface area contributed by atoms with Crippen molar-refractivity contribution in [2.24, 2.45) is 5.73 Å². The van der Waals surface area contributed by atoms with Gasteiger partial charge >= 0.3 is 0 Å². The summed E-state index contributed by atoms with van der Waals surface area (Å²) in [6.45, 7) is 0. The van der Waals surface area contributed by atoms with Crippen LogP contribution in [0.3, 0.4) is 0 Å². The fourth-order valence-corrected chi connectivity index (χ4v) is 3.65. The highest BCUT2D eigenvalue weighted by Crippen LogP contribution is 2.32. The van der Waals surface area contributed by atoms with Gasteiger partial charge in [0.25, 0.3) is 0 Å². The van der Waals surface area contributed by atoms with E-state index >= 15 is 0 Å². The van der Waals surface area contributed by atoms with Crippen LogP contribution in [0.25, 0.3) is 0 Å². The molecule has 6 heteroatoms. The first kappa shape index (κ1) is 13.0. The molecule has 0 aliphatic carbocycles. The molecule has 0 spiro atoms. The molecular weight excluding hydrogens is 302 g/mol. The minimum atomic E-state index is -3.09. The van der Waals surface area contributed by atoms with Crippen molar-refractivity contribution < 1.29 is 8.42 Å². The average Bonchev–Trinajstić information content (AvgIpc) is 2.12. The van der Waals surface area contributed by atoms with E-state index in [0.717, 1.165) is 10.0 Å². The van der Waals surface area contributed by atoms with Crippen molar-refractivity contribution in [3.8, 4) is 0 Å². The Balaban J connectivity index is 0.00000112. The lowest BCUT2D eigenvalue weighted by Crippen LogP contribution is -2.24. The lowest BCUT2D eigenvalue weighted by atomic mass is 10.1. The molecule has 3 nitrogen and oxygen atoms in total. The molecule has 0 fully saturated rings. The fraction of sp³-hybridized carbons (Fsp3) is 0.333. The maximum absolute atomic E-state index is 11.7. The van der Waals surface area contributed by atoms with Crippen LogP contribution in [0.2, 0.25) is 0 Å². The van der Waals surface area contributed by atoms with E-state index in [0.29, 0.717) is 11.3 Å². The van der Waals surface area contributed by atoms with E-state index < -0.39 is 9.84 Å². The highest BCUT2D eigenvalue weighted by molar-refractivity contribution is 9.10. The molecule has 0 radical (unpaired) electrons. The molecule has 84 valence electrons. The lowest BCUT2D eigenvalue weighted by molar-refractivity contribution is 0.568. The van der Waals surface area contributed by atoms with E-state index in [9.17, 15) is 8.42 Å². The van der Waals surface area contributed by atoms with Crippen LogP contribution in [-0.4, -0.2) is 14.2 Å². The van der Waals surface area contributed by atoms with Crippen LogP contribution in [0, 0.1) is 0 Å². The quantitative estimate of drug-likeness (QED) is 0.797. The first-order chi connectivity index (χ1) is 6.50. The molecule has 1 aromatic carbocycles. The Morgan fingerprint density at radius 2 is 2.07 bits per heavy atom. The first-order valence-corrected chi connectivity index (χ1v) is 6.73. The van der Waals surface area contributed by atoms with Gasteiger partial charge in [0, 0.05) is 10.5 Å². The van der Waals surface area contributed by atoms with Crippen molar-refractivity contribution in [2.75, 3.05) is 5.75 Å². The Bertz CT molecular complexity index is 475. The molecule has 1 aromatic rings. The van der Waals surface area contributed by atoms with Gasteiger partial charge in [-0.3, -0.25) is 0 Å². The molecule has 0 bridgehead atoms. The first-order valence-electron chi connectivity index (χ1n) is 4.28. The second kappa shape index (κ2) is 4.41. The third-order valence-electron chi connectivity index (χ3n) is 2.40. The molecular formula is C9H11BrClNO2S. The molecule has 1 atom stereocenters. The minimum Gasteiger partial charge on any atom is -0.324 e. The van der Waals surface area contributed by atoms with Crippen molar-refractivity contribution in [3.63, 3.8) is 0 Å². The molecule has 1 unspecified atom stereocenters. The van der Waals surface area contributed by atoms with Gasteiger partial charge in [-0.1, -0.05) is 15.9 Å². The van der Waals surface area contributed by atoms with Crippen molar-refractivity contribution in [1.29, 1.82) is 0 Å². The molecule has 2 N–H and O–H groups in total. The van der Waals surface area contributed by atoms with Crippen molar-refractivity contribution in [1.82, 2.24) is 0 Å². The molecule has 0 aromatic heterocycles. The number of sulfone groups is 1. The Kier molecular flexibility index (Phi) is 3.81. The van der Waals surface area contributed by atoms with Gasteiger partial charge in [0.1, 0.15) is 0 Å². The standard InChI is InChI=1S/C9H10BrNO2S.ClH/c10-6-1-2-9-7(5-6)8(11)3-4-14(9,12)13;/h1-2,5,8H,3-4,11H2;1H. The smallest absolute Gasteiger partial charge is 0.178 e. The zero-order valence-electron chi connectivity index (χ0n) is 7.81. The Hall–Kier alpha value is -0.100. The largest absolute Gasteiger partial charge is 0.324 e. The summed E-state index contributed by atoms with van der Waals surface area (Å²) in [5, 5.41) is 0. The highest BCUT2D eigenvalue weighted by atomic mass is 79.9. The van der Waals surface area contributed by atoms with Gasteiger partial charge < -0.3 is 5.73 Å². The minimum absolute atomic E-state index is 0. The van der Waals surface area contributed by atoms with Gasteiger partial charge in [-0.15, -0.1) is 12.4 Å². The Labute approximate surface area is 104 Å². The maximum Gasteiger partial charge on any atom is 0.178 e. The van der Waals surface area contributed by atoms with E-state index in [-0.39, 0.29) is 24.2 Å². The number of nitrogens with two attached hydrogens (primary N) is 1. The van der Waals surface area contributed by atoms with Crippen LogP contribution in [-0.2, 0) is 9.84 Å². The number of hydrogen-bond acceptors (Lipinski definition) is 3. The number of hydrogen-bond donors (Lipinski definition) is 1. The van der Waals surface area contributed by atoms with Crippen LogP contribution in [0.5, 0.6) is 0 Å². The van der Waals surface area contributed by atoms with Crippen molar-refractivity contribution in [2.45, 2.75) is 17.4 Å². The van der Waals surface area contributed by atoms with E-state index in [1.54, 1.807) is 18.2 Å². The zero-order valence-corrected chi connectivity index (χ0v) is 11.0. The summed E-state index contributed by atoms with van der Waals surface area (Å²) in [7, 11) is -3.09. The fourth-order valence-electron chi connectivity index (χ4n) is 1.64. The van der Waals surface area contributed by atoms with Gasteiger partial charge in [-0.2, -0.15) is 0 Å². The van der Waals surface area contributed by atoms with Gasteiger partial charge in [-0.05, 0) is 30.2 Å². The summed E-state index contributed by atoms with van der Waals surface area (Å²) >= 11 is 3.31. The second-order valence-electron chi connectivity index (χ2n) is 3.40. The summed E-state index contributed by atoms with van der Waals surface area (Å²) < 4.78 is 24.2. The average molecular weight is 313 g/mol. The molecule has 1 heterocycles. The van der Waals surface area contributed by atoms with Crippen LogP contribution >= 0.6 is 28.3 Å². The number of fused-ring (bicyclic) bond motifs is 1. The van der Waals surface area contributed by atoms with Gasteiger partial charge in [0.2, 0.25) is 0 Å². The third kappa shape index (κ3) is 2.36. The molecule has 1 aliphatic rings. The zero-order chi connectivity index (χ0) is 10.3. The summed E-state index contributed by atoms with van der Waals surface area (Å²) in [6.07, 6.45) is 0.506. The van der Waals surface area contributed by atoms with Crippen LogP contribution in [0.4, 0.5) is 0 Å². The Morgan fingerprint density at radius 3 is 2.73 bits per heavy atom. The lowest BCUT2D eigenvalue weighted by Gasteiger charge is -2.22. The number of halogens is 2. The van der Waals surface area contributed by atoms with E-state index in [1.165, 1.54) is 0 Å². The van der Waals surface area contributed by atoms with Gasteiger partial charge in [-0.25, -0.2) is 8.42 Å². The third-order valence-corrected chi connectivity index (χ3v) is 4.71. The molecule has 15 heavy (non-hydrogen) atoms. The van der Waals surface area contributed by atoms with Crippen LogP contribution in [0.1, 0.15) is 18.0 Å². The predicted octanol–water partition coefficient (Wildman–Crippen LogP) is 2.05. The number of rotatable bonds is 0. The second-order valence-corrected chi connectivity index (χ2v) is 6.39. The topological polar surface area (TPSA) is 60.2 Å². The van der Waals surface area contributed by atoms with E-state index in [1.807, 2.05) is 0 Å². The molecule has 2 rings (SSSR count). The van der Waals surface area contributed by atoms with Crippen molar-refractivity contribution >= 4 is 38.2 Å². The monoisotopic (exact) mass is 311 g/mol. The van der Waals surface area contributed by atoms with Gasteiger partial charge in [0.05, 0.1) is 10.6 Å². The van der Waals surface area contributed by atoms with E-state index in [4.69, 9.17) is 5.73 Å².